The molecule has 2 aliphatic rings. The summed E-state index contributed by atoms with van der Waals surface area (Å²) in [5, 5.41) is 0.306. The molecule has 4 nitrogen and oxygen atoms in total. The molecule has 6 heteroatoms. The average molecular weight is 387 g/mol. The zero-order valence-corrected chi connectivity index (χ0v) is 15.8. The summed E-state index contributed by atoms with van der Waals surface area (Å²) in [6.45, 7) is 0.199. The van der Waals surface area contributed by atoms with Crippen molar-refractivity contribution in [2.45, 2.75) is 38.3 Å². The molecule has 26 heavy (non-hydrogen) atoms. The molecule has 0 radical (unpaired) electrons. The van der Waals surface area contributed by atoms with E-state index in [2.05, 4.69) is 17.0 Å². The van der Waals surface area contributed by atoms with Gasteiger partial charge in [0, 0.05) is 23.5 Å². The number of imide groups is 1. The third kappa shape index (κ3) is 3.46. The van der Waals surface area contributed by atoms with E-state index in [4.69, 9.17) is 11.6 Å². The molecule has 134 valence electrons. The first kappa shape index (κ1) is 17.4. The summed E-state index contributed by atoms with van der Waals surface area (Å²) >= 11 is 7.15. The number of halogens is 1. The highest BCUT2D eigenvalue weighted by atomic mass is 35.5. The molecule has 4 rings (SSSR count). The highest BCUT2D eigenvalue weighted by Crippen LogP contribution is 2.35. The maximum Gasteiger partial charge on any atom is 0.293 e. The lowest BCUT2D eigenvalue weighted by atomic mass is 10.2. The van der Waals surface area contributed by atoms with Gasteiger partial charge in [0.2, 0.25) is 0 Å². The Morgan fingerprint density at radius 1 is 1.15 bits per heavy atom. The first-order valence-electron chi connectivity index (χ1n) is 8.78. The zero-order valence-electron chi connectivity index (χ0n) is 14.2. The average Bonchev–Trinajstić information content (AvgIpc) is 3.35. The summed E-state index contributed by atoms with van der Waals surface area (Å²) < 4.78 is 2.23. The van der Waals surface area contributed by atoms with E-state index in [1.807, 2.05) is 30.3 Å². The molecule has 2 aromatic rings. The normalized spacial score (nSPS) is 19.9. The van der Waals surface area contributed by atoms with Crippen molar-refractivity contribution >= 4 is 40.6 Å². The minimum atomic E-state index is -0.256. The summed E-state index contributed by atoms with van der Waals surface area (Å²) in [7, 11) is 0. The van der Waals surface area contributed by atoms with Crippen LogP contribution in [0.5, 0.6) is 0 Å². The molecule has 0 bridgehead atoms. The summed E-state index contributed by atoms with van der Waals surface area (Å²) in [6, 6.07) is 9.83. The van der Waals surface area contributed by atoms with Crippen molar-refractivity contribution in [3.63, 3.8) is 0 Å². The van der Waals surface area contributed by atoms with Crippen LogP contribution in [0.1, 0.15) is 42.9 Å². The Hall–Kier alpha value is -1.98. The number of hydrogen-bond acceptors (Lipinski definition) is 3. The Morgan fingerprint density at radius 2 is 1.92 bits per heavy atom. The summed E-state index contributed by atoms with van der Waals surface area (Å²) in [5.74, 6) is -0.256. The molecule has 1 aliphatic carbocycles. The summed E-state index contributed by atoms with van der Waals surface area (Å²) in [4.78, 5) is 26.7. The van der Waals surface area contributed by atoms with Crippen LogP contribution in [0, 0.1) is 0 Å². The van der Waals surface area contributed by atoms with Crippen LogP contribution in [0.2, 0.25) is 5.02 Å². The number of thioether (sulfide) groups is 1. The van der Waals surface area contributed by atoms with Gasteiger partial charge in [0.05, 0.1) is 11.4 Å². The van der Waals surface area contributed by atoms with Crippen LogP contribution in [-0.2, 0) is 11.3 Å². The number of rotatable bonds is 4. The maximum absolute atomic E-state index is 12.7. The molecule has 0 N–H and O–H groups in total. The molecule has 0 atom stereocenters. The molecule has 1 aromatic carbocycles. The number of aromatic nitrogens is 1. The second kappa shape index (κ2) is 7.33. The first-order chi connectivity index (χ1) is 12.6. The molecule has 1 saturated carbocycles. The summed E-state index contributed by atoms with van der Waals surface area (Å²) in [6.07, 6.45) is 10.9. The number of carbonyl (C=O) groups is 2. The van der Waals surface area contributed by atoms with Crippen LogP contribution < -0.4 is 0 Å². The van der Waals surface area contributed by atoms with E-state index in [9.17, 15) is 9.59 Å². The highest BCUT2D eigenvalue weighted by Gasteiger charge is 2.35. The number of amides is 2. The van der Waals surface area contributed by atoms with Gasteiger partial charge in [0.1, 0.15) is 0 Å². The van der Waals surface area contributed by atoms with E-state index in [-0.39, 0.29) is 17.7 Å². The van der Waals surface area contributed by atoms with Crippen molar-refractivity contribution in [3.8, 4) is 0 Å². The van der Waals surface area contributed by atoms with Gasteiger partial charge in [-0.3, -0.25) is 14.5 Å². The Labute approximate surface area is 161 Å². The van der Waals surface area contributed by atoms with Crippen molar-refractivity contribution in [2.75, 3.05) is 0 Å². The molecular weight excluding hydrogens is 368 g/mol. The van der Waals surface area contributed by atoms with Gasteiger partial charge in [-0.05, 0) is 53.9 Å². The fourth-order valence-electron chi connectivity index (χ4n) is 3.53. The van der Waals surface area contributed by atoms with Crippen molar-refractivity contribution in [1.29, 1.82) is 0 Å². The number of nitrogens with zero attached hydrogens (tertiary/aromatic N) is 2. The van der Waals surface area contributed by atoms with Gasteiger partial charge in [0.15, 0.2) is 0 Å². The van der Waals surface area contributed by atoms with Gasteiger partial charge in [-0.25, -0.2) is 0 Å². The third-order valence-electron chi connectivity index (χ3n) is 4.94. The smallest absolute Gasteiger partial charge is 0.293 e. The minimum absolute atomic E-state index is 0.199. The van der Waals surface area contributed by atoms with Crippen molar-refractivity contribution in [1.82, 2.24) is 9.47 Å². The Morgan fingerprint density at radius 3 is 2.69 bits per heavy atom. The van der Waals surface area contributed by atoms with Gasteiger partial charge in [-0.15, -0.1) is 0 Å². The monoisotopic (exact) mass is 386 g/mol. The number of carbonyl (C=O) groups excluding carboxylic acids is 2. The largest absolute Gasteiger partial charge is 0.351 e. The van der Waals surface area contributed by atoms with Crippen LogP contribution in [-0.4, -0.2) is 20.6 Å². The van der Waals surface area contributed by atoms with Gasteiger partial charge < -0.3 is 4.57 Å². The Balaban J connectivity index is 1.51. The lowest BCUT2D eigenvalue weighted by molar-refractivity contribution is -0.123. The molecule has 1 saturated heterocycles. The van der Waals surface area contributed by atoms with E-state index in [1.165, 1.54) is 30.6 Å². The molecule has 0 unspecified atom stereocenters. The predicted molar refractivity (Wildman–Crippen MR) is 105 cm³/mol. The summed E-state index contributed by atoms with van der Waals surface area (Å²) in [5.41, 5.74) is 1.73. The van der Waals surface area contributed by atoms with Crippen molar-refractivity contribution < 1.29 is 9.59 Å². The highest BCUT2D eigenvalue weighted by molar-refractivity contribution is 8.18. The predicted octanol–water partition coefficient (Wildman–Crippen LogP) is 5.49. The topological polar surface area (TPSA) is 42.3 Å². The number of benzene rings is 1. The molecule has 0 spiro atoms. The van der Waals surface area contributed by atoms with Crippen LogP contribution in [0.25, 0.3) is 6.08 Å². The quantitative estimate of drug-likeness (QED) is 0.652. The minimum Gasteiger partial charge on any atom is -0.351 e. The standard InChI is InChI=1S/C20H19ClN2O2S/c21-17-8-4-1-5-15(17)13-23-19(24)18(26-20(23)25)11-14-9-10-22(12-14)16-6-2-3-7-16/h1,4-5,8-12,16H,2-3,6-7,13H2/b18-11+. The second-order valence-electron chi connectivity index (χ2n) is 6.69. The van der Waals surface area contributed by atoms with E-state index >= 15 is 0 Å². The van der Waals surface area contributed by atoms with Gasteiger partial charge in [0.25, 0.3) is 11.1 Å². The lowest BCUT2D eigenvalue weighted by Gasteiger charge is -2.13. The molecule has 2 fully saturated rings. The van der Waals surface area contributed by atoms with Gasteiger partial charge >= 0.3 is 0 Å². The van der Waals surface area contributed by atoms with Gasteiger partial charge in [-0.1, -0.05) is 42.6 Å². The Bertz CT molecular complexity index is 883. The number of hydrogen-bond donors (Lipinski definition) is 0. The van der Waals surface area contributed by atoms with Crippen LogP contribution in [0.15, 0.2) is 47.6 Å². The van der Waals surface area contributed by atoms with E-state index in [1.54, 1.807) is 6.07 Å². The lowest BCUT2D eigenvalue weighted by Crippen LogP contribution is -2.27. The molecule has 2 amide bonds. The zero-order chi connectivity index (χ0) is 18.1. The van der Waals surface area contributed by atoms with E-state index < -0.39 is 0 Å². The van der Waals surface area contributed by atoms with Gasteiger partial charge in [-0.2, -0.15) is 0 Å². The molecule has 1 aliphatic heterocycles. The van der Waals surface area contributed by atoms with Crippen LogP contribution in [0.4, 0.5) is 4.79 Å². The van der Waals surface area contributed by atoms with Crippen molar-refractivity contribution in [2.24, 2.45) is 0 Å². The maximum atomic E-state index is 12.7. The van der Waals surface area contributed by atoms with E-state index in [0.717, 1.165) is 22.9 Å². The SMILES string of the molecule is O=C1S/C(=C/c2ccn(C3CCCC3)c2)C(=O)N1Cc1ccccc1Cl. The van der Waals surface area contributed by atoms with Crippen LogP contribution in [0.3, 0.4) is 0 Å². The second-order valence-corrected chi connectivity index (χ2v) is 8.09. The first-order valence-corrected chi connectivity index (χ1v) is 9.97. The van der Waals surface area contributed by atoms with Crippen molar-refractivity contribution in [3.05, 3.63) is 63.8 Å². The molecule has 1 aromatic heterocycles. The molecular formula is C20H19ClN2O2S. The van der Waals surface area contributed by atoms with E-state index in [0.29, 0.717) is 16.0 Å². The fourth-order valence-corrected chi connectivity index (χ4v) is 4.56. The van der Waals surface area contributed by atoms with Crippen LogP contribution >= 0.6 is 23.4 Å². The Kier molecular flexibility index (Phi) is 4.92. The molecule has 2 heterocycles. The fraction of sp³-hybridized carbons (Fsp3) is 0.300. The third-order valence-corrected chi connectivity index (χ3v) is 6.22.